The average molecular weight is 419 g/mol. The van der Waals surface area contributed by atoms with E-state index in [2.05, 4.69) is 4.99 Å². The molecule has 0 saturated carbocycles. The van der Waals surface area contributed by atoms with Gasteiger partial charge in [0.25, 0.3) is 0 Å². The Balaban J connectivity index is 1.72. The van der Waals surface area contributed by atoms with E-state index in [1.807, 2.05) is 12.1 Å². The molecule has 31 heavy (non-hydrogen) atoms. The monoisotopic (exact) mass is 419 g/mol. The number of aromatic carboxylic acids is 2. The second kappa shape index (κ2) is 10.1. The number of carboxylic acid groups (broad SMARTS) is 2. The smallest absolute Gasteiger partial charge is 0.335 e. The first-order chi connectivity index (χ1) is 15.0. The van der Waals surface area contributed by atoms with E-state index < -0.39 is 11.9 Å². The molecule has 0 spiro atoms. The van der Waals surface area contributed by atoms with E-state index in [-0.39, 0.29) is 17.7 Å². The van der Waals surface area contributed by atoms with E-state index in [1.54, 1.807) is 55.8 Å². The molecule has 0 aliphatic heterocycles. The Morgan fingerprint density at radius 1 is 0.871 bits per heavy atom. The molecular weight excluding hydrogens is 398 g/mol. The molecule has 7 nitrogen and oxygen atoms in total. The maximum absolute atomic E-state index is 11.0. The van der Waals surface area contributed by atoms with Crippen molar-refractivity contribution in [3.8, 4) is 11.5 Å². The van der Waals surface area contributed by atoms with Gasteiger partial charge in [0, 0.05) is 11.8 Å². The van der Waals surface area contributed by atoms with Crippen LogP contribution in [0.5, 0.6) is 11.5 Å². The summed E-state index contributed by atoms with van der Waals surface area (Å²) < 4.78 is 11.4. The molecule has 0 heterocycles. The molecule has 7 heteroatoms. The minimum Gasteiger partial charge on any atom is -0.493 e. The quantitative estimate of drug-likeness (QED) is 0.501. The van der Waals surface area contributed by atoms with Crippen molar-refractivity contribution in [1.29, 1.82) is 0 Å². The number of carboxylic acids is 2. The molecule has 3 aromatic carbocycles. The second-order valence-corrected chi connectivity index (χ2v) is 6.64. The van der Waals surface area contributed by atoms with Gasteiger partial charge >= 0.3 is 11.9 Å². The Morgan fingerprint density at radius 2 is 1.45 bits per heavy atom. The Morgan fingerprint density at radius 3 is 2.00 bits per heavy atom. The molecule has 0 atom stereocenters. The van der Waals surface area contributed by atoms with Gasteiger partial charge in [-0.3, -0.25) is 4.99 Å². The third-order valence-electron chi connectivity index (χ3n) is 4.52. The van der Waals surface area contributed by atoms with Crippen LogP contribution in [0.3, 0.4) is 0 Å². The molecule has 0 saturated heterocycles. The van der Waals surface area contributed by atoms with Crippen molar-refractivity contribution in [3.05, 3.63) is 94.5 Å². The fourth-order valence-electron chi connectivity index (χ4n) is 2.85. The highest BCUT2D eigenvalue weighted by atomic mass is 16.5. The first-order valence-electron chi connectivity index (χ1n) is 9.42. The lowest BCUT2D eigenvalue weighted by molar-refractivity contribution is 0.0686. The van der Waals surface area contributed by atoms with Crippen LogP contribution in [0.4, 0.5) is 0 Å². The second-order valence-electron chi connectivity index (χ2n) is 6.64. The molecule has 0 aliphatic rings. The number of rotatable bonds is 9. The topological polar surface area (TPSA) is 105 Å². The highest BCUT2D eigenvalue weighted by molar-refractivity contribution is 5.88. The molecule has 0 bridgehead atoms. The lowest BCUT2D eigenvalue weighted by atomic mass is 10.1. The predicted molar refractivity (Wildman–Crippen MR) is 115 cm³/mol. The van der Waals surface area contributed by atoms with E-state index in [1.165, 1.54) is 12.1 Å². The molecule has 0 amide bonds. The Hall–Kier alpha value is -4.13. The van der Waals surface area contributed by atoms with Gasteiger partial charge in [0.2, 0.25) is 0 Å². The molecule has 0 aromatic heterocycles. The van der Waals surface area contributed by atoms with Gasteiger partial charge in [-0.2, -0.15) is 0 Å². The normalized spacial score (nSPS) is 10.7. The summed E-state index contributed by atoms with van der Waals surface area (Å²) in [6.07, 6.45) is 1.68. The Labute approximate surface area is 179 Å². The lowest BCUT2D eigenvalue weighted by Crippen LogP contribution is -2.02. The molecule has 0 radical (unpaired) electrons. The summed E-state index contributed by atoms with van der Waals surface area (Å²) in [4.78, 5) is 26.4. The van der Waals surface area contributed by atoms with Gasteiger partial charge in [-0.05, 0) is 47.5 Å². The van der Waals surface area contributed by atoms with Crippen LogP contribution in [-0.4, -0.2) is 35.5 Å². The SMILES string of the molecule is COc1cccc(C=NCc2ccc(C(=O)O)cc2)c1OCc1ccc(C(=O)O)cc1. The van der Waals surface area contributed by atoms with Crippen LogP contribution < -0.4 is 9.47 Å². The molecular formula is C24H21NO6. The van der Waals surface area contributed by atoms with Crippen molar-refractivity contribution >= 4 is 18.2 Å². The Kier molecular flexibility index (Phi) is 7.01. The van der Waals surface area contributed by atoms with Gasteiger partial charge < -0.3 is 19.7 Å². The number of nitrogens with zero attached hydrogens (tertiary/aromatic N) is 1. The lowest BCUT2D eigenvalue weighted by Gasteiger charge is -2.13. The van der Waals surface area contributed by atoms with Gasteiger partial charge in [-0.1, -0.05) is 30.3 Å². The van der Waals surface area contributed by atoms with Crippen LogP contribution >= 0.6 is 0 Å². The largest absolute Gasteiger partial charge is 0.493 e. The number of carbonyl (C=O) groups is 2. The van der Waals surface area contributed by atoms with E-state index in [0.717, 1.165) is 16.7 Å². The van der Waals surface area contributed by atoms with Gasteiger partial charge in [-0.15, -0.1) is 0 Å². The van der Waals surface area contributed by atoms with Gasteiger partial charge in [0.05, 0.1) is 24.8 Å². The standard InChI is InChI=1S/C24H21NO6/c1-30-21-4-2-3-20(14-25-13-16-5-9-18(10-6-16)23(26)27)22(21)31-15-17-7-11-19(12-8-17)24(28)29/h2-12,14H,13,15H2,1H3,(H,26,27)(H,28,29). The van der Waals surface area contributed by atoms with Crippen molar-refractivity contribution in [1.82, 2.24) is 0 Å². The van der Waals surface area contributed by atoms with Gasteiger partial charge in [0.15, 0.2) is 11.5 Å². The number of aliphatic imine (C=N–C) groups is 1. The average Bonchev–Trinajstić information content (AvgIpc) is 2.78. The van der Waals surface area contributed by atoms with Crippen LogP contribution in [0.15, 0.2) is 71.7 Å². The highest BCUT2D eigenvalue weighted by Gasteiger charge is 2.10. The fourth-order valence-corrected chi connectivity index (χ4v) is 2.85. The number of para-hydroxylation sites is 1. The van der Waals surface area contributed by atoms with Crippen molar-refractivity contribution in [2.24, 2.45) is 4.99 Å². The zero-order valence-electron chi connectivity index (χ0n) is 16.8. The van der Waals surface area contributed by atoms with Crippen LogP contribution in [0.1, 0.15) is 37.4 Å². The summed E-state index contributed by atoms with van der Waals surface area (Å²) in [5.74, 6) is -0.867. The molecule has 0 aliphatic carbocycles. The maximum Gasteiger partial charge on any atom is 0.335 e. The Bertz CT molecular complexity index is 1090. The van der Waals surface area contributed by atoms with Crippen molar-refractivity contribution in [2.75, 3.05) is 7.11 Å². The zero-order valence-corrected chi connectivity index (χ0v) is 16.8. The number of hydrogen-bond acceptors (Lipinski definition) is 5. The summed E-state index contributed by atoms with van der Waals surface area (Å²) in [7, 11) is 1.55. The molecule has 2 N–H and O–H groups in total. The van der Waals surface area contributed by atoms with Crippen LogP contribution in [0.25, 0.3) is 0 Å². The summed E-state index contributed by atoms with van der Waals surface area (Å²) in [6, 6.07) is 18.5. The zero-order chi connectivity index (χ0) is 22.2. The molecule has 3 rings (SSSR count). The predicted octanol–water partition coefficient (Wildman–Crippen LogP) is 4.29. The number of hydrogen-bond donors (Lipinski definition) is 2. The first-order valence-corrected chi connectivity index (χ1v) is 9.42. The molecule has 3 aromatic rings. The number of benzene rings is 3. The third kappa shape index (κ3) is 5.70. The summed E-state index contributed by atoms with van der Waals surface area (Å²) in [6.45, 7) is 0.616. The molecule has 0 fully saturated rings. The highest BCUT2D eigenvalue weighted by Crippen LogP contribution is 2.31. The minimum atomic E-state index is -0.978. The van der Waals surface area contributed by atoms with Crippen LogP contribution in [0, 0.1) is 0 Å². The molecule has 158 valence electrons. The van der Waals surface area contributed by atoms with Gasteiger partial charge in [0.1, 0.15) is 6.61 Å². The third-order valence-corrected chi connectivity index (χ3v) is 4.52. The van der Waals surface area contributed by atoms with Crippen molar-refractivity contribution in [2.45, 2.75) is 13.2 Å². The fraction of sp³-hybridized carbons (Fsp3) is 0.125. The van der Waals surface area contributed by atoms with E-state index in [4.69, 9.17) is 19.7 Å². The van der Waals surface area contributed by atoms with E-state index >= 15 is 0 Å². The summed E-state index contributed by atoms with van der Waals surface area (Å²) >= 11 is 0. The summed E-state index contributed by atoms with van der Waals surface area (Å²) in [5, 5.41) is 18.0. The first kappa shape index (κ1) is 21.6. The summed E-state index contributed by atoms with van der Waals surface area (Å²) in [5.41, 5.74) is 2.86. The van der Waals surface area contributed by atoms with E-state index in [9.17, 15) is 9.59 Å². The number of ether oxygens (including phenoxy) is 2. The van der Waals surface area contributed by atoms with Crippen LogP contribution in [-0.2, 0) is 13.2 Å². The minimum absolute atomic E-state index is 0.213. The maximum atomic E-state index is 11.0. The van der Waals surface area contributed by atoms with E-state index in [0.29, 0.717) is 18.0 Å². The number of methoxy groups -OCH3 is 1. The van der Waals surface area contributed by atoms with Crippen molar-refractivity contribution in [3.63, 3.8) is 0 Å². The van der Waals surface area contributed by atoms with Crippen molar-refractivity contribution < 1.29 is 29.3 Å². The van der Waals surface area contributed by atoms with Gasteiger partial charge in [-0.25, -0.2) is 9.59 Å². The van der Waals surface area contributed by atoms with Crippen LogP contribution in [0.2, 0.25) is 0 Å². The molecule has 0 unspecified atom stereocenters.